The third kappa shape index (κ3) is 8.51. The van der Waals surface area contributed by atoms with E-state index in [4.69, 9.17) is 9.72 Å². The van der Waals surface area contributed by atoms with Crippen LogP contribution in [-0.4, -0.2) is 47.1 Å². The summed E-state index contributed by atoms with van der Waals surface area (Å²) in [7, 11) is 2.21. The molecule has 7 nitrogen and oxygen atoms in total. The van der Waals surface area contributed by atoms with Crippen LogP contribution in [0, 0.1) is 17.7 Å². The van der Waals surface area contributed by atoms with E-state index in [0.29, 0.717) is 23.3 Å². The van der Waals surface area contributed by atoms with E-state index in [1.807, 2.05) is 12.3 Å². The Bertz CT molecular complexity index is 1520. The fourth-order valence-corrected chi connectivity index (χ4v) is 6.25. The smallest absolute Gasteiger partial charge is 0.319 e. The van der Waals surface area contributed by atoms with Crippen LogP contribution in [0.15, 0.2) is 54.9 Å². The number of pyridine rings is 2. The standard InChI is InChI=1S/C34H42FN5O2S/c1-5-16-40(4)17-6-7-22(2)23(3)18-24-8-12-28(37-21-24)32-20-29-33(43-32)31(14-15-36-29)42-30-13-11-26(19-27(30)35)39-34(41)38-25-9-10-25/h8,11-15,19-23,25H,5-7,9-10,16-18H2,1-4H3,(H2,38,39,41). The van der Waals surface area contributed by atoms with Crippen LogP contribution >= 0.6 is 11.3 Å². The Kier molecular flexibility index (Phi) is 10.3. The Hall–Kier alpha value is -3.56. The second kappa shape index (κ2) is 14.3. The van der Waals surface area contributed by atoms with E-state index in [1.165, 1.54) is 54.8 Å². The molecule has 0 spiro atoms. The number of rotatable bonds is 14. The van der Waals surface area contributed by atoms with Gasteiger partial charge in [0.2, 0.25) is 0 Å². The monoisotopic (exact) mass is 603 g/mol. The van der Waals surface area contributed by atoms with Gasteiger partial charge in [-0.15, -0.1) is 11.3 Å². The topological polar surface area (TPSA) is 79.4 Å². The van der Waals surface area contributed by atoms with E-state index >= 15 is 0 Å². The van der Waals surface area contributed by atoms with Crippen LogP contribution in [0.5, 0.6) is 11.5 Å². The molecule has 1 saturated carbocycles. The predicted octanol–water partition coefficient (Wildman–Crippen LogP) is 8.51. The van der Waals surface area contributed by atoms with E-state index in [9.17, 15) is 9.18 Å². The molecule has 1 aliphatic carbocycles. The molecule has 2 amide bonds. The minimum Gasteiger partial charge on any atom is -0.453 e. The Balaban J connectivity index is 1.21. The molecule has 1 fully saturated rings. The Morgan fingerprint density at radius 1 is 1.09 bits per heavy atom. The zero-order chi connectivity index (χ0) is 30.3. The number of thiophene rings is 1. The number of ether oxygens (including phenoxy) is 1. The maximum absolute atomic E-state index is 14.9. The highest BCUT2D eigenvalue weighted by atomic mass is 32.1. The first-order valence-corrected chi connectivity index (χ1v) is 16.2. The number of aromatic nitrogens is 2. The summed E-state index contributed by atoms with van der Waals surface area (Å²) in [6.45, 7) is 9.26. The molecule has 4 aromatic rings. The lowest BCUT2D eigenvalue weighted by Crippen LogP contribution is -2.30. The highest BCUT2D eigenvalue weighted by molar-refractivity contribution is 7.22. The van der Waals surface area contributed by atoms with Gasteiger partial charge in [0.05, 0.1) is 20.8 Å². The molecule has 2 atom stereocenters. The third-order valence-electron chi connectivity index (χ3n) is 8.11. The van der Waals surface area contributed by atoms with Gasteiger partial charge < -0.3 is 20.3 Å². The van der Waals surface area contributed by atoms with E-state index in [-0.39, 0.29) is 17.8 Å². The van der Waals surface area contributed by atoms with Crippen LogP contribution in [-0.2, 0) is 6.42 Å². The molecule has 228 valence electrons. The molecule has 3 aromatic heterocycles. The fourth-order valence-electron chi connectivity index (χ4n) is 5.21. The normalized spacial score (nSPS) is 14.6. The lowest BCUT2D eigenvalue weighted by Gasteiger charge is -2.22. The molecule has 2 unspecified atom stereocenters. The second-order valence-electron chi connectivity index (χ2n) is 11.9. The van der Waals surface area contributed by atoms with Crippen LogP contribution in [0.3, 0.4) is 0 Å². The maximum Gasteiger partial charge on any atom is 0.319 e. The number of nitrogens with zero attached hydrogens (tertiary/aromatic N) is 3. The molecule has 1 aliphatic rings. The highest BCUT2D eigenvalue weighted by Gasteiger charge is 2.23. The molecule has 2 N–H and O–H groups in total. The van der Waals surface area contributed by atoms with Crippen molar-refractivity contribution < 1.29 is 13.9 Å². The summed E-state index contributed by atoms with van der Waals surface area (Å²) in [5.74, 6) is 1.28. The average molecular weight is 604 g/mol. The number of benzene rings is 1. The van der Waals surface area contributed by atoms with Gasteiger partial charge >= 0.3 is 6.03 Å². The van der Waals surface area contributed by atoms with Crippen LogP contribution < -0.4 is 15.4 Å². The number of hydrogen-bond acceptors (Lipinski definition) is 6. The largest absolute Gasteiger partial charge is 0.453 e. The van der Waals surface area contributed by atoms with Crippen molar-refractivity contribution in [2.24, 2.45) is 11.8 Å². The van der Waals surface area contributed by atoms with Gasteiger partial charge in [-0.05, 0) is 100 Å². The number of anilines is 1. The molecule has 9 heteroatoms. The van der Waals surface area contributed by atoms with Gasteiger partial charge in [0.15, 0.2) is 11.6 Å². The number of amides is 2. The van der Waals surface area contributed by atoms with Crippen molar-refractivity contribution in [2.45, 2.75) is 65.3 Å². The third-order valence-corrected chi connectivity index (χ3v) is 9.27. The molecular weight excluding hydrogens is 561 g/mol. The zero-order valence-electron chi connectivity index (χ0n) is 25.5. The summed E-state index contributed by atoms with van der Waals surface area (Å²) in [6.07, 6.45) is 10.3. The van der Waals surface area contributed by atoms with Crippen molar-refractivity contribution in [3.63, 3.8) is 0 Å². The Morgan fingerprint density at radius 2 is 1.93 bits per heavy atom. The van der Waals surface area contributed by atoms with E-state index < -0.39 is 5.82 Å². The molecule has 3 heterocycles. The lowest BCUT2D eigenvalue weighted by atomic mass is 9.87. The summed E-state index contributed by atoms with van der Waals surface area (Å²) in [4.78, 5) is 24.7. The Morgan fingerprint density at radius 3 is 2.65 bits per heavy atom. The molecular formula is C34H42FN5O2S. The van der Waals surface area contributed by atoms with Gasteiger partial charge in [-0.2, -0.15) is 0 Å². The lowest BCUT2D eigenvalue weighted by molar-refractivity contribution is 0.251. The molecule has 5 rings (SSSR count). The Labute approximate surface area is 257 Å². The van der Waals surface area contributed by atoms with Gasteiger partial charge in [0, 0.05) is 36.3 Å². The predicted molar refractivity (Wildman–Crippen MR) is 174 cm³/mol. The van der Waals surface area contributed by atoms with Crippen molar-refractivity contribution in [1.29, 1.82) is 0 Å². The van der Waals surface area contributed by atoms with Crippen LogP contribution in [0.25, 0.3) is 20.8 Å². The number of nitrogens with one attached hydrogen (secondary N) is 2. The van der Waals surface area contributed by atoms with E-state index in [2.05, 4.69) is 60.5 Å². The van der Waals surface area contributed by atoms with Crippen LogP contribution in [0.1, 0.15) is 58.4 Å². The molecule has 0 aliphatic heterocycles. The molecule has 0 saturated heterocycles. The fraction of sp³-hybridized carbons (Fsp3) is 0.441. The van der Waals surface area contributed by atoms with Gasteiger partial charge in [-0.25, -0.2) is 9.18 Å². The highest BCUT2D eigenvalue weighted by Crippen LogP contribution is 2.39. The van der Waals surface area contributed by atoms with Crippen molar-refractivity contribution in [2.75, 3.05) is 25.5 Å². The summed E-state index contributed by atoms with van der Waals surface area (Å²) < 4.78 is 21.7. The van der Waals surface area contributed by atoms with Crippen molar-refractivity contribution in [3.8, 4) is 22.1 Å². The SMILES string of the molecule is CCCN(C)CCCC(C)C(C)Cc1ccc(-c2cc3nccc(Oc4ccc(NC(=O)NC5CC5)cc4F)c3s2)nc1. The minimum absolute atomic E-state index is 0.0782. The number of carbonyl (C=O) groups is 1. The minimum atomic E-state index is -0.560. The molecule has 0 radical (unpaired) electrons. The van der Waals surface area contributed by atoms with Gasteiger partial charge in [-0.3, -0.25) is 9.97 Å². The molecule has 43 heavy (non-hydrogen) atoms. The number of urea groups is 1. The molecule has 1 aromatic carbocycles. The van der Waals surface area contributed by atoms with Crippen molar-refractivity contribution in [3.05, 3.63) is 66.2 Å². The summed E-state index contributed by atoms with van der Waals surface area (Å²) >= 11 is 1.52. The zero-order valence-corrected chi connectivity index (χ0v) is 26.3. The van der Waals surface area contributed by atoms with Gasteiger partial charge in [0.1, 0.15) is 5.75 Å². The van der Waals surface area contributed by atoms with E-state index in [0.717, 1.165) is 46.6 Å². The number of carbonyl (C=O) groups excluding carboxylic acids is 1. The summed E-state index contributed by atoms with van der Waals surface area (Å²) in [6, 6.07) is 12.3. The average Bonchev–Trinajstić information content (AvgIpc) is 3.68. The second-order valence-corrected chi connectivity index (χ2v) is 13.0. The number of hydrogen-bond donors (Lipinski definition) is 2. The van der Waals surface area contributed by atoms with Crippen molar-refractivity contribution >= 4 is 33.3 Å². The van der Waals surface area contributed by atoms with Gasteiger partial charge in [0.25, 0.3) is 0 Å². The number of fused-ring (bicyclic) bond motifs is 1. The summed E-state index contributed by atoms with van der Waals surface area (Å²) in [5, 5.41) is 5.49. The molecule has 0 bridgehead atoms. The van der Waals surface area contributed by atoms with Crippen molar-refractivity contribution in [1.82, 2.24) is 20.2 Å². The van der Waals surface area contributed by atoms with E-state index in [1.54, 1.807) is 18.3 Å². The number of halogens is 1. The van der Waals surface area contributed by atoms with Crippen LogP contribution in [0.4, 0.5) is 14.9 Å². The first-order chi connectivity index (χ1) is 20.8. The maximum atomic E-state index is 14.9. The van der Waals surface area contributed by atoms with Crippen LogP contribution in [0.2, 0.25) is 0 Å². The quantitative estimate of drug-likeness (QED) is 0.151. The first kappa shape index (κ1) is 30.9. The summed E-state index contributed by atoms with van der Waals surface area (Å²) in [5.41, 5.74) is 3.26. The first-order valence-electron chi connectivity index (χ1n) is 15.4. The van der Waals surface area contributed by atoms with Gasteiger partial charge in [-0.1, -0.05) is 26.8 Å².